The third-order valence-corrected chi connectivity index (χ3v) is 3.82. The lowest BCUT2D eigenvalue weighted by Gasteiger charge is -2.23. The number of ether oxygens (including phenoxy) is 1. The minimum Gasteiger partial charge on any atom is -0.397 e. The maximum absolute atomic E-state index is 12.1. The highest BCUT2D eigenvalue weighted by Crippen LogP contribution is 2.22. The molecule has 5 nitrogen and oxygen atoms in total. The highest BCUT2D eigenvalue weighted by Gasteiger charge is 2.20. The summed E-state index contributed by atoms with van der Waals surface area (Å²) in [5, 5.41) is 3.36. The number of nitrogen functional groups attached to an aromatic ring is 1. The van der Waals surface area contributed by atoms with Gasteiger partial charge in [-0.15, -0.1) is 0 Å². The number of carbonyl (C=O) groups excluding carboxylic acids is 1. The fraction of sp³-hybridized carbons (Fsp3) is 0.533. The summed E-state index contributed by atoms with van der Waals surface area (Å²) in [5.41, 5.74) is 6.89. The SMILES string of the molecule is CCN(CC(=O)Nc1cc(Cl)ccc1N)CC1CCCO1. The van der Waals surface area contributed by atoms with E-state index in [9.17, 15) is 4.79 Å². The third kappa shape index (κ3) is 4.88. The molecule has 1 aliphatic heterocycles. The molecule has 1 unspecified atom stereocenters. The molecule has 21 heavy (non-hydrogen) atoms. The second kappa shape index (κ2) is 7.64. The minimum atomic E-state index is -0.0937. The molecule has 0 aliphatic carbocycles. The number of rotatable bonds is 6. The normalized spacial score (nSPS) is 18.1. The summed E-state index contributed by atoms with van der Waals surface area (Å²) in [5.74, 6) is -0.0937. The molecule has 3 N–H and O–H groups in total. The van der Waals surface area contributed by atoms with Crippen molar-refractivity contribution in [2.24, 2.45) is 0 Å². The average molecular weight is 312 g/mol. The van der Waals surface area contributed by atoms with Crippen LogP contribution in [-0.4, -0.2) is 43.2 Å². The summed E-state index contributed by atoms with van der Waals surface area (Å²) in [4.78, 5) is 14.2. The van der Waals surface area contributed by atoms with Gasteiger partial charge >= 0.3 is 0 Å². The van der Waals surface area contributed by atoms with Gasteiger partial charge in [0, 0.05) is 18.2 Å². The summed E-state index contributed by atoms with van der Waals surface area (Å²) in [7, 11) is 0. The predicted molar refractivity (Wildman–Crippen MR) is 85.6 cm³/mol. The average Bonchev–Trinajstić information content (AvgIpc) is 2.95. The van der Waals surface area contributed by atoms with Crippen LogP contribution in [0.5, 0.6) is 0 Å². The molecule has 116 valence electrons. The number of hydrogen-bond donors (Lipinski definition) is 2. The van der Waals surface area contributed by atoms with Crippen LogP contribution >= 0.6 is 11.6 Å². The van der Waals surface area contributed by atoms with Gasteiger partial charge in [0.2, 0.25) is 5.91 Å². The first-order valence-corrected chi connectivity index (χ1v) is 7.65. The fourth-order valence-corrected chi connectivity index (χ4v) is 2.58. The zero-order valence-electron chi connectivity index (χ0n) is 12.3. The molecule has 0 aromatic heterocycles. The molecule has 0 bridgehead atoms. The number of nitrogens with one attached hydrogen (secondary N) is 1. The summed E-state index contributed by atoms with van der Waals surface area (Å²) in [6.45, 7) is 4.78. The van der Waals surface area contributed by atoms with Crippen molar-refractivity contribution in [2.45, 2.75) is 25.9 Å². The maximum atomic E-state index is 12.1. The summed E-state index contributed by atoms with van der Waals surface area (Å²) >= 11 is 5.91. The summed E-state index contributed by atoms with van der Waals surface area (Å²) in [6.07, 6.45) is 2.42. The fourth-order valence-electron chi connectivity index (χ4n) is 2.41. The van der Waals surface area contributed by atoms with Gasteiger partial charge in [-0.05, 0) is 37.6 Å². The van der Waals surface area contributed by atoms with Gasteiger partial charge in [0.1, 0.15) is 0 Å². The number of hydrogen-bond acceptors (Lipinski definition) is 4. The van der Waals surface area contributed by atoms with E-state index < -0.39 is 0 Å². The smallest absolute Gasteiger partial charge is 0.238 e. The number of benzene rings is 1. The van der Waals surface area contributed by atoms with Gasteiger partial charge < -0.3 is 15.8 Å². The molecule has 1 amide bonds. The van der Waals surface area contributed by atoms with E-state index in [1.165, 1.54) is 0 Å². The van der Waals surface area contributed by atoms with Crippen LogP contribution in [0.25, 0.3) is 0 Å². The Labute approximate surface area is 130 Å². The molecule has 0 spiro atoms. The molecule has 1 aliphatic rings. The van der Waals surface area contributed by atoms with E-state index in [-0.39, 0.29) is 12.0 Å². The molecule has 2 rings (SSSR count). The van der Waals surface area contributed by atoms with E-state index in [2.05, 4.69) is 10.2 Å². The van der Waals surface area contributed by atoms with Crippen LogP contribution in [0, 0.1) is 0 Å². The zero-order chi connectivity index (χ0) is 15.2. The number of amides is 1. The van der Waals surface area contributed by atoms with E-state index in [1.54, 1.807) is 18.2 Å². The summed E-state index contributed by atoms with van der Waals surface area (Å²) in [6, 6.07) is 5.04. The van der Waals surface area contributed by atoms with Crippen LogP contribution < -0.4 is 11.1 Å². The van der Waals surface area contributed by atoms with Crippen molar-refractivity contribution in [3.05, 3.63) is 23.2 Å². The van der Waals surface area contributed by atoms with Gasteiger partial charge in [0.15, 0.2) is 0 Å². The second-order valence-electron chi connectivity index (χ2n) is 5.24. The largest absolute Gasteiger partial charge is 0.397 e. The van der Waals surface area contributed by atoms with Gasteiger partial charge in [-0.25, -0.2) is 0 Å². The molecule has 6 heteroatoms. The molecule has 1 aromatic rings. The van der Waals surface area contributed by atoms with Crippen LogP contribution in [0.1, 0.15) is 19.8 Å². The number of likely N-dealkylation sites (N-methyl/N-ethyl adjacent to an activating group) is 1. The third-order valence-electron chi connectivity index (χ3n) is 3.59. The molecule has 1 saturated heterocycles. The Hall–Kier alpha value is -1.30. The molecule has 1 heterocycles. The van der Waals surface area contributed by atoms with E-state index >= 15 is 0 Å². The van der Waals surface area contributed by atoms with Crippen molar-refractivity contribution in [1.29, 1.82) is 0 Å². The Bertz CT molecular complexity index is 490. The Morgan fingerprint density at radius 3 is 3.05 bits per heavy atom. The van der Waals surface area contributed by atoms with Gasteiger partial charge in [-0.2, -0.15) is 0 Å². The van der Waals surface area contributed by atoms with Gasteiger partial charge in [0.25, 0.3) is 0 Å². The van der Waals surface area contributed by atoms with E-state index in [1.807, 2.05) is 6.92 Å². The van der Waals surface area contributed by atoms with Gasteiger partial charge in [-0.3, -0.25) is 9.69 Å². The Balaban J connectivity index is 1.88. The molecule has 1 fully saturated rings. The zero-order valence-corrected chi connectivity index (χ0v) is 13.0. The molecule has 1 aromatic carbocycles. The van der Waals surface area contributed by atoms with Crippen molar-refractivity contribution in [3.63, 3.8) is 0 Å². The lowest BCUT2D eigenvalue weighted by Crippen LogP contribution is -2.38. The molecular formula is C15H22ClN3O2. The second-order valence-corrected chi connectivity index (χ2v) is 5.68. The number of nitrogens with two attached hydrogens (primary N) is 1. The lowest BCUT2D eigenvalue weighted by atomic mass is 10.2. The highest BCUT2D eigenvalue weighted by molar-refractivity contribution is 6.31. The number of halogens is 1. The molecule has 1 atom stereocenters. The number of carbonyl (C=O) groups is 1. The molecular weight excluding hydrogens is 290 g/mol. The maximum Gasteiger partial charge on any atom is 0.238 e. The summed E-state index contributed by atoms with van der Waals surface area (Å²) < 4.78 is 5.61. The Morgan fingerprint density at radius 1 is 1.57 bits per heavy atom. The van der Waals surface area contributed by atoms with Crippen molar-refractivity contribution >= 4 is 28.9 Å². The Morgan fingerprint density at radius 2 is 2.38 bits per heavy atom. The first-order valence-electron chi connectivity index (χ1n) is 7.27. The standard InChI is InChI=1S/C15H22ClN3O2/c1-2-19(9-12-4-3-7-21-12)10-15(20)18-14-8-11(16)5-6-13(14)17/h5-6,8,12H,2-4,7,9-10,17H2,1H3,(H,18,20). The van der Waals surface area contributed by atoms with Crippen molar-refractivity contribution in [1.82, 2.24) is 4.90 Å². The van der Waals surface area contributed by atoms with Crippen LogP contribution in [0.2, 0.25) is 5.02 Å². The van der Waals surface area contributed by atoms with E-state index in [4.69, 9.17) is 22.1 Å². The lowest BCUT2D eigenvalue weighted by molar-refractivity contribution is -0.117. The quantitative estimate of drug-likeness (QED) is 0.791. The van der Waals surface area contributed by atoms with Crippen LogP contribution in [0.3, 0.4) is 0 Å². The Kier molecular flexibility index (Phi) is 5.85. The van der Waals surface area contributed by atoms with Crippen LogP contribution in [0.4, 0.5) is 11.4 Å². The van der Waals surface area contributed by atoms with E-state index in [0.29, 0.717) is 22.9 Å². The number of nitrogens with zero attached hydrogens (tertiary/aromatic N) is 1. The van der Waals surface area contributed by atoms with Crippen molar-refractivity contribution in [2.75, 3.05) is 37.3 Å². The number of anilines is 2. The van der Waals surface area contributed by atoms with Crippen molar-refractivity contribution in [3.8, 4) is 0 Å². The first-order chi connectivity index (χ1) is 10.1. The van der Waals surface area contributed by atoms with Crippen molar-refractivity contribution < 1.29 is 9.53 Å². The predicted octanol–water partition coefficient (Wildman–Crippen LogP) is 2.36. The first kappa shape index (κ1) is 16.1. The molecule has 0 radical (unpaired) electrons. The van der Waals surface area contributed by atoms with Crippen LogP contribution in [0.15, 0.2) is 18.2 Å². The van der Waals surface area contributed by atoms with Gasteiger partial charge in [-0.1, -0.05) is 18.5 Å². The van der Waals surface area contributed by atoms with Gasteiger partial charge in [0.05, 0.1) is 24.0 Å². The minimum absolute atomic E-state index is 0.0937. The molecule has 0 saturated carbocycles. The monoisotopic (exact) mass is 311 g/mol. The van der Waals surface area contributed by atoms with Crippen LogP contribution in [-0.2, 0) is 9.53 Å². The topological polar surface area (TPSA) is 67.6 Å². The van der Waals surface area contributed by atoms with E-state index in [0.717, 1.165) is 32.5 Å². The highest BCUT2D eigenvalue weighted by atomic mass is 35.5.